The van der Waals surface area contributed by atoms with E-state index in [0.717, 1.165) is 24.1 Å². The Labute approximate surface area is 186 Å². The molecule has 11 heteroatoms. The molecule has 4 heterocycles. The first-order valence-corrected chi connectivity index (χ1v) is 10.6. The first-order chi connectivity index (χ1) is 16.0. The molecule has 0 radical (unpaired) electrons. The normalized spacial score (nSPS) is 18.3. The Kier molecular flexibility index (Phi) is 4.63. The van der Waals surface area contributed by atoms with Gasteiger partial charge in [0.1, 0.15) is 18.4 Å². The van der Waals surface area contributed by atoms with Crippen LogP contribution in [0.15, 0.2) is 43.1 Å². The van der Waals surface area contributed by atoms with Gasteiger partial charge in [-0.3, -0.25) is 9.38 Å². The minimum absolute atomic E-state index is 0.0540. The number of aliphatic hydroxyl groups is 1. The second-order valence-corrected chi connectivity index (χ2v) is 8.53. The molecule has 1 saturated heterocycles. The molecule has 0 bridgehead atoms. The van der Waals surface area contributed by atoms with Crippen LogP contribution in [0.5, 0.6) is 5.75 Å². The highest BCUT2D eigenvalue weighted by molar-refractivity contribution is 5.47. The number of halogens is 2. The summed E-state index contributed by atoms with van der Waals surface area (Å²) in [4.78, 5) is 8.70. The summed E-state index contributed by atoms with van der Waals surface area (Å²) in [6.45, 7) is -0.386. The molecule has 170 valence electrons. The number of hydrogen-bond donors (Lipinski definition) is 1. The van der Waals surface area contributed by atoms with Gasteiger partial charge in [-0.1, -0.05) is 5.21 Å². The third-order valence-electron chi connectivity index (χ3n) is 5.93. The molecule has 9 nitrogen and oxygen atoms in total. The van der Waals surface area contributed by atoms with Crippen molar-refractivity contribution in [2.24, 2.45) is 0 Å². The van der Waals surface area contributed by atoms with Crippen LogP contribution in [0.1, 0.15) is 41.9 Å². The maximum absolute atomic E-state index is 14.5. The minimum atomic E-state index is -1.58. The molecule has 1 aliphatic heterocycles. The van der Waals surface area contributed by atoms with Crippen molar-refractivity contribution in [2.75, 3.05) is 19.8 Å². The Balaban J connectivity index is 1.26. The molecule has 4 aromatic rings. The van der Waals surface area contributed by atoms with Gasteiger partial charge in [0.25, 0.3) is 0 Å². The lowest BCUT2D eigenvalue weighted by molar-refractivity contribution is -0.146. The Morgan fingerprint density at radius 1 is 1.27 bits per heavy atom. The molecule has 0 amide bonds. The molecular weight excluding hydrogens is 434 g/mol. The second kappa shape index (κ2) is 7.56. The van der Waals surface area contributed by atoms with E-state index in [-0.39, 0.29) is 25.6 Å². The lowest BCUT2D eigenvalue weighted by atomic mass is 10.1. The molecule has 1 aromatic carbocycles. The fourth-order valence-electron chi connectivity index (χ4n) is 3.90. The molecule has 6 rings (SSSR count). The van der Waals surface area contributed by atoms with Crippen molar-refractivity contribution in [3.05, 3.63) is 66.0 Å². The number of hydrogen-bond acceptors (Lipinski definition) is 7. The molecule has 2 fully saturated rings. The average Bonchev–Trinajstić information content (AvgIpc) is 3.31. The zero-order valence-corrected chi connectivity index (χ0v) is 17.4. The van der Waals surface area contributed by atoms with E-state index in [0.29, 0.717) is 23.0 Å². The number of aromatic nitrogens is 6. The van der Waals surface area contributed by atoms with Crippen LogP contribution in [0.4, 0.5) is 8.78 Å². The van der Waals surface area contributed by atoms with Crippen molar-refractivity contribution in [3.8, 4) is 11.4 Å². The van der Waals surface area contributed by atoms with E-state index in [1.54, 1.807) is 29.2 Å². The van der Waals surface area contributed by atoms with Gasteiger partial charge in [-0.15, -0.1) is 5.10 Å². The van der Waals surface area contributed by atoms with Crippen molar-refractivity contribution in [3.63, 3.8) is 0 Å². The molecule has 1 N–H and O–H groups in total. The lowest BCUT2D eigenvalue weighted by Gasteiger charge is -2.33. The number of aliphatic hydroxyl groups excluding tert-OH is 1. The van der Waals surface area contributed by atoms with Crippen LogP contribution >= 0.6 is 0 Å². The summed E-state index contributed by atoms with van der Waals surface area (Å²) in [5.41, 5.74) is 1.29. The van der Waals surface area contributed by atoms with Crippen LogP contribution in [0, 0.1) is 5.82 Å². The number of alkyl halides is 1. The zero-order chi connectivity index (χ0) is 22.6. The molecule has 1 atom stereocenters. The predicted molar refractivity (Wildman–Crippen MR) is 110 cm³/mol. The van der Waals surface area contributed by atoms with Crippen molar-refractivity contribution in [1.29, 1.82) is 0 Å². The highest BCUT2D eigenvalue weighted by atomic mass is 19.1. The van der Waals surface area contributed by atoms with E-state index in [1.165, 1.54) is 23.0 Å². The minimum Gasteiger partial charge on any atom is -0.487 e. The number of nitrogens with zero attached hydrogens (tertiary/aromatic N) is 6. The van der Waals surface area contributed by atoms with Crippen LogP contribution in [0.3, 0.4) is 0 Å². The van der Waals surface area contributed by atoms with Crippen molar-refractivity contribution < 1.29 is 23.4 Å². The quantitative estimate of drug-likeness (QED) is 0.458. The molecular formula is C22H20F2N6O3. The predicted octanol–water partition coefficient (Wildman–Crippen LogP) is 2.53. The molecule has 1 saturated carbocycles. The van der Waals surface area contributed by atoms with E-state index < -0.39 is 17.6 Å². The standard InChI is InChI=1S/C22H20F2N6O3/c23-16-5-14(3-4-18(16)33-11-22(24)9-32-10-22)30-8-17(27-28-30)21(31)20-19(13-1-2-13)26-7-15-6-25-12-29(15)20/h3-8,12-13,21,31H,1-2,9-11H2/t21-/m0/s1. The number of benzene rings is 1. The second-order valence-electron chi connectivity index (χ2n) is 8.53. The summed E-state index contributed by atoms with van der Waals surface area (Å²) < 4.78 is 41.8. The van der Waals surface area contributed by atoms with Gasteiger partial charge in [0.15, 0.2) is 17.2 Å². The lowest BCUT2D eigenvalue weighted by Crippen LogP contribution is -2.50. The number of fused-ring (bicyclic) bond motifs is 1. The van der Waals surface area contributed by atoms with Crippen LogP contribution in [-0.4, -0.2) is 60.0 Å². The number of rotatable bonds is 7. The maximum Gasteiger partial charge on any atom is 0.190 e. The van der Waals surface area contributed by atoms with Crippen molar-refractivity contribution >= 4 is 5.52 Å². The number of ether oxygens (including phenoxy) is 2. The third kappa shape index (κ3) is 3.62. The van der Waals surface area contributed by atoms with Gasteiger partial charge in [-0.05, 0) is 25.0 Å². The van der Waals surface area contributed by atoms with Crippen LogP contribution in [0.2, 0.25) is 0 Å². The van der Waals surface area contributed by atoms with Gasteiger partial charge in [0.05, 0.1) is 60.7 Å². The topological polar surface area (TPSA) is 99.6 Å². The van der Waals surface area contributed by atoms with Crippen molar-refractivity contribution in [2.45, 2.75) is 30.5 Å². The van der Waals surface area contributed by atoms with E-state index >= 15 is 0 Å². The molecule has 2 aliphatic rings. The zero-order valence-electron chi connectivity index (χ0n) is 17.4. The van der Waals surface area contributed by atoms with Gasteiger partial charge in [-0.2, -0.15) is 0 Å². The molecule has 33 heavy (non-hydrogen) atoms. The summed E-state index contributed by atoms with van der Waals surface area (Å²) in [5, 5.41) is 19.3. The molecule has 0 unspecified atom stereocenters. The van der Waals surface area contributed by atoms with Crippen LogP contribution in [-0.2, 0) is 4.74 Å². The Bertz CT molecular complexity index is 1330. The van der Waals surface area contributed by atoms with E-state index in [9.17, 15) is 13.9 Å². The smallest absolute Gasteiger partial charge is 0.190 e. The highest BCUT2D eigenvalue weighted by Crippen LogP contribution is 2.42. The van der Waals surface area contributed by atoms with Gasteiger partial charge in [0, 0.05) is 12.0 Å². The highest BCUT2D eigenvalue weighted by Gasteiger charge is 2.40. The van der Waals surface area contributed by atoms with Crippen LogP contribution < -0.4 is 4.74 Å². The van der Waals surface area contributed by atoms with Crippen LogP contribution in [0.25, 0.3) is 11.2 Å². The number of imidazole rings is 1. The van der Waals surface area contributed by atoms with Gasteiger partial charge < -0.3 is 14.6 Å². The first kappa shape index (κ1) is 20.2. The third-order valence-corrected chi connectivity index (χ3v) is 5.93. The summed E-state index contributed by atoms with van der Waals surface area (Å²) in [6.07, 6.45) is 7.53. The van der Waals surface area contributed by atoms with Gasteiger partial charge in [0.2, 0.25) is 0 Å². The van der Waals surface area contributed by atoms with Gasteiger partial charge >= 0.3 is 0 Å². The van der Waals surface area contributed by atoms with Gasteiger partial charge in [-0.25, -0.2) is 18.4 Å². The summed E-state index contributed by atoms with van der Waals surface area (Å²) >= 11 is 0. The first-order valence-electron chi connectivity index (χ1n) is 10.6. The monoisotopic (exact) mass is 454 g/mol. The maximum atomic E-state index is 14.5. The summed E-state index contributed by atoms with van der Waals surface area (Å²) in [5.74, 6) is -0.416. The fourth-order valence-corrected chi connectivity index (χ4v) is 3.90. The summed E-state index contributed by atoms with van der Waals surface area (Å²) in [6, 6.07) is 4.21. The molecule has 1 aliphatic carbocycles. The molecule has 3 aromatic heterocycles. The van der Waals surface area contributed by atoms with E-state index in [2.05, 4.69) is 20.3 Å². The largest absolute Gasteiger partial charge is 0.487 e. The van der Waals surface area contributed by atoms with E-state index in [1.807, 2.05) is 0 Å². The van der Waals surface area contributed by atoms with E-state index in [4.69, 9.17) is 9.47 Å². The Morgan fingerprint density at radius 3 is 2.85 bits per heavy atom. The fraction of sp³-hybridized carbons (Fsp3) is 0.364. The SMILES string of the molecule is O[C@@H](c1cn(-c2ccc(OCC3(F)COC3)c(F)c2)nn1)c1c(C2CC2)ncc2cncn12. The van der Waals surface area contributed by atoms with Crippen molar-refractivity contribution in [1.82, 2.24) is 29.4 Å². The molecule has 0 spiro atoms. The Hall–Kier alpha value is -3.44. The Morgan fingerprint density at radius 2 is 2.12 bits per heavy atom. The average molecular weight is 454 g/mol. The summed E-state index contributed by atoms with van der Waals surface area (Å²) in [7, 11) is 0.